The lowest BCUT2D eigenvalue weighted by molar-refractivity contribution is 0.0303. The molecule has 5 nitrogen and oxygen atoms in total. The number of carbonyl (C=O) groups is 1. The third-order valence-electron chi connectivity index (χ3n) is 4.47. The van der Waals surface area contributed by atoms with E-state index in [4.69, 9.17) is 4.74 Å². The molecule has 0 aliphatic carbocycles. The van der Waals surface area contributed by atoms with Crippen molar-refractivity contribution in [2.75, 3.05) is 31.6 Å². The standard InChI is InChI=1S/C20H17F2N3O2/c21-13-1-4-15(5-2-13)24-19-16-11-14(22)3-6-18(16)23-12-17(19)20(26)25-7-9-27-10-8-25/h1-6,11-12H,7-10H2,(H,23,24). The van der Waals surface area contributed by atoms with Gasteiger partial charge in [0.1, 0.15) is 11.6 Å². The fourth-order valence-corrected chi connectivity index (χ4v) is 3.08. The molecule has 7 heteroatoms. The lowest BCUT2D eigenvalue weighted by atomic mass is 10.1. The number of morpholine rings is 1. The second-order valence-electron chi connectivity index (χ2n) is 6.24. The van der Waals surface area contributed by atoms with Gasteiger partial charge in [-0.15, -0.1) is 0 Å². The number of pyridine rings is 1. The van der Waals surface area contributed by atoms with Crippen LogP contribution in [0.5, 0.6) is 0 Å². The fraction of sp³-hybridized carbons (Fsp3) is 0.200. The van der Waals surface area contributed by atoms with E-state index in [-0.39, 0.29) is 11.7 Å². The topological polar surface area (TPSA) is 54.5 Å². The van der Waals surface area contributed by atoms with Gasteiger partial charge in [0, 0.05) is 30.4 Å². The summed E-state index contributed by atoms with van der Waals surface area (Å²) in [5.74, 6) is -1.00. The van der Waals surface area contributed by atoms with Crippen LogP contribution < -0.4 is 5.32 Å². The average molecular weight is 369 g/mol. The largest absolute Gasteiger partial charge is 0.378 e. The first-order valence-corrected chi connectivity index (χ1v) is 8.60. The summed E-state index contributed by atoms with van der Waals surface area (Å²) in [5.41, 5.74) is 1.92. The molecule has 3 aromatic rings. The molecule has 0 spiro atoms. The molecule has 0 radical (unpaired) electrons. The molecule has 1 fully saturated rings. The molecule has 0 unspecified atom stereocenters. The van der Waals surface area contributed by atoms with Crippen molar-refractivity contribution in [1.29, 1.82) is 0 Å². The number of rotatable bonds is 3. The highest BCUT2D eigenvalue weighted by Gasteiger charge is 2.23. The molecule has 1 aromatic heterocycles. The second-order valence-corrected chi connectivity index (χ2v) is 6.24. The van der Waals surface area contributed by atoms with Crippen molar-refractivity contribution >= 4 is 28.2 Å². The van der Waals surface area contributed by atoms with Crippen LogP contribution in [0.3, 0.4) is 0 Å². The SMILES string of the molecule is O=C(c1cnc2ccc(F)cc2c1Nc1ccc(F)cc1)N1CCOCC1. The van der Waals surface area contributed by atoms with E-state index < -0.39 is 5.82 Å². The van der Waals surface area contributed by atoms with Crippen LogP contribution in [0.15, 0.2) is 48.7 Å². The predicted molar refractivity (Wildman–Crippen MR) is 98.1 cm³/mol. The molecular weight excluding hydrogens is 352 g/mol. The molecule has 27 heavy (non-hydrogen) atoms. The Hall–Kier alpha value is -3.06. The molecule has 138 valence electrons. The Morgan fingerprint density at radius 3 is 2.48 bits per heavy atom. The van der Waals surface area contributed by atoms with Crippen molar-refractivity contribution < 1.29 is 18.3 Å². The first-order chi connectivity index (χ1) is 13.1. The number of carbonyl (C=O) groups excluding carboxylic acids is 1. The van der Waals surface area contributed by atoms with Gasteiger partial charge in [-0.1, -0.05) is 0 Å². The van der Waals surface area contributed by atoms with Crippen LogP contribution in [0.1, 0.15) is 10.4 Å². The van der Waals surface area contributed by atoms with Crippen molar-refractivity contribution in [3.05, 3.63) is 65.9 Å². The number of nitrogens with one attached hydrogen (secondary N) is 1. The number of aromatic nitrogens is 1. The number of anilines is 2. The Kier molecular flexibility index (Phi) is 4.68. The number of hydrogen-bond acceptors (Lipinski definition) is 4. The van der Waals surface area contributed by atoms with Gasteiger partial charge in [0.2, 0.25) is 0 Å². The maximum absolute atomic E-state index is 13.9. The molecule has 1 aliphatic rings. The van der Waals surface area contributed by atoms with Crippen LogP contribution in [0.4, 0.5) is 20.2 Å². The number of benzene rings is 2. The van der Waals surface area contributed by atoms with Gasteiger partial charge in [-0.25, -0.2) is 8.78 Å². The molecule has 1 amide bonds. The molecule has 2 heterocycles. The van der Waals surface area contributed by atoms with E-state index in [0.29, 0.717) is 54.1 Å². The van der Waals surface area contributed by atoms with Crippen molar-refractivity contribution in [3.8, 4) is 0 Å². The summed E-state index contributed by atoms with van der Waals surface area (Å²) < 4.78 is 32.4. The van der Waals surface area contributed by atoms with E-state index in [9.17, 15) is 13.6 Å². The van der Waals surface area contributed by atoms with Gasteiger partial charge in [0.15, 0.2) is 0 Å². The molecule has 1 saturated heterocycles. The highest BCUT2D eigenvalue weighted by Crippen LogP contribution is 2.31. The van der Waals surface area contributed by atoms with Gasteiger partial charge in [-0.05, 0) is 42.5 Å². The first-order valence-electron chi connectivity index (χ1n) is 8.60. The van der Waals surface area contributed by atoms with Gasteiger partial charge in [0.25, 0.3) is 5.91 Å². The lowest BCUT2D eigenvalue weighted by Gasteiger charge is -2.28. The Labute approximate surface area is 154 Å². The van der Waals surface area contributed by atoms with Crippen molar-refractivity contribution in [1.82, 2.24) is 9.88 Å². The maximum Gasteiger partial charge on any atom is 0.257 e. The van der Waals surface area contributed by atoms with Gasteiger partial charge < -0.3 is 15.0 Å². The highest BCUT2D eigenvalue weighted by molar-refractivity contribution is 6.08. The third-order valence-corrected chi connectivity index (χ3v) is 4.47. The zero-order chi connectivity index (χ0) is 18.8. The van der Waals surface area contributed by atoms with Crippen LogP contribution in [0.2, 0.25) is 0 Å². The maximum atomic E-state index is 13.9. The Bertz CT molecular complexity index is 986. The first kappa shape index (κ1) is 17.4. The summed E-state index contributed by atoms with van der Waals surface area (Å²) in [6.07, 6.45) is 1.49. The number of hydrogen-bond donors (Lipinski definition) is 1. The molecular formula is C20H17F2N3O2. The molecule has 0 saturated carbocycles. The molecule has 0 bridgehead atoms. The molecule has 1 aliphatic heterocycles. The molecule has 4 rings (SSSR count). The minimum absolute atomic E-state index is 0.207. The van der Waals surface area contributed by atoms with E-state index in [2.05, 4.69) is 10.3 Å². The van der Waals surface area contributed by atoms with Crippen LogP contribution in [-0.4, -0.2) is 42.1 Å². The Morgan fingerprint density at radius 2 is 1.74 bits per heavy atom. The van der Waals surface area contributed by atoms with E-state index in [1.807, 2.05) is 0 Å². The summed E-state index contributed by atoms with van der Waals surface area (Å²) >= 11 is 0. The Balaban J connectivity index is 1.81. The second kappa shape index (κ2) is 7.28. The molecule has 1 N–H and O–H groups in total. The monoisotopic (exact) mass is 369 g/mol. The smallest absolute Gasteiger partial charge is 0.257 e. The van der Waals surface area contributed by atoms with E-state index in [0.717, 1.165) is 0 Å². The summed E-state index contributed by atoms with van der Waals surface area (Å²) in [4.78, 5) is 19.0. The lowest BCUT2D eigenvalue weighted by Crippen LogP contribution is -2.41. The summed E-state index contributed by atoms with van der Waals surface area (Å²) in [5, 5.41) is 3.62. The van der Waals surface area contributed by atoms with Gasteiger partial charge >= 0.3 is 0 Å². The quantitative estimate of drug-likeness (QED) is 0.764. The molecule has 2 aromatic carbocycles. The Morgan fingerprint density at radius 1 is 1.04 bits per heavy atom. The highest BCUT2D eigenvalue weighted by atomic mass is 19.1. The van der Waals surface area contributed by atoms with Crippen LogP contribution >= 0.6 is 0 Å². The van der Waals surface area contributed by atoms with Gasteiger partial charge in [0.05, 0.1) is 30.0 Å². The van der Waals surface area contributed by atoms with Crippen molar-refractivity contribution in [2.45, 2.75) is 0 Å². The minimum atomic E-state index is -0.428. The predicted octanol–water partition coefficient (Wildman–Crippen LogP) is 3.73. The number of nitrogens with zero attached hydrogens (tertiary/aromatic N) is 2. The number of fused-ring (bicyclic) bond motifs is 1. The van der Waals surface area contributed by atoms with Gasteiger partial charge in [-0.3, -0.25) is 9.78 Å². The summed E-state index contributed by atoms with van der Waals surface area (Å²) in [7, 11) is 0. The number of amides is 1. The third kappa shape index (κ3) is 3.59. The fourth-order valence-electron chi connectivity index (χ4n) is 3.08. The number of halogens is 2. The van der Waals surface area contributed by atoms with Crippen molar-refractivity contribution in [3.63, 3.8) is 0 Å². The minimum Gasteiger partial charge on any atom is -0.378 e. The van der Waals surface area contributed by atoms with Crippen LogP contribution in [0.25, 0.3) is 10.9 Å². The van der Waals surface area contributed by atoms with E-state index in [1.54, 1.807) is 23.1 Å². The van der Waals surface area contributed by atoms with Crippen LogP contribution in [0, 0.1) is 11.6 Å². The summed E-state index contributed by atoms with van der Waals surface area (Å²) in [6.45, 7) is 1.91. The van der Waals surface area contributed by atoms with E-state index >= 15 is 0 Å². The van der Waals surface area contributed by atoms with Crippen molar-refractivity contribution in [2.24, 2.45) is 0 Å². The molecule has 0 atom stereocenters. The zero-order valence-electron chi connectivity index (χ0n) is 14.4. The van der Waals surface area contributed by atoms with Gasteiger partial charge in [-0.2, -0.15) is 0 Å². The average Bonchev–Trinajstić information content (AvgIpc) is 2.70. The number of ether oxygens (including phenoxy) is 1. The summed E-state index contributed by atoms with van der Waals surface area (Å²) in [6, 6.07) is 9.97. The van der Waals surface area contributed by atoms with E-state index in [1.165, 1.54) is 30.5 Å². The zero-order valence-corrected chi connectivity index (χ0v) is 14.4. The normalized spacial score (nSPS) is 14.4. The van der Waals surface area contributed by atoms with Crippen LogP contribution in [-0.2, 0) is 4.74 Å².